The number of primary amides is 1. The normalized spacial score (nSPS) is 33.7. The zero-order valence-corrected chi connectivity index (χ0v) is 5.64. The summed E-state index contributed by atoms with van der Waals surface area (Å²) in [7, 11) is 0. The molecule has 1 amide bonds. The zero-order chi connectivity index (χ0) is 7.56. The van der Waals surface area contributed by atoms with Crippen molar-refractivity contribution in [1.82, 2.24) is 5.32 Å². The van der Waals surface area contributed by atoms with Crippen LogP contribution in [0, 0.1) is 5.92 Å². The number of alkyl halides is 1. The molecule has 0 spiro atoms. The highest BCUT2D eigenvalue weighted by atomic mass is 19.1. The van der Waals surface area contributed by atoms with Crippen LogP contribution >= 0.6 is 0 Å². The van der Waals surface area contributed by atoms with E-state index >= 15 is 0 Å². The van der Waals surface area contributed by atoms with Crippen molar-refractivity contribution in [3.05, 3.63) is 0 Å². The molecule has 58 valence electrons. The van der Waals surface area contributed by atoms with Gasteiger partial charge in [0.15, 0.2) is 0 Å². The average molecular weight is 146 g/mol. The Balaban J connectivity index is 2.47. The Morgan fingerprint density at radius 3 is 2.80 bits per heavy atom. The highest BCUT2D eigenvalue weighted by molar-refractivity contribution is 5.77. The molecular formula is C6H11FN2O. The van der Waals surface area contributed by atoms with Crippen LogP contribution in [0.2, 0.25) is 0 Å². The van der Waals surface area contributed by atoms with Crippen LogP contribution < -0.4 is 11.1 Å². The van der Waals surface area contributed by atoms with E-state index in [1.807, 2.05) is 0 Å². The highest BCUT2D eigenvalue weighted by Crippen LogP contribution is 2.14. The lowest BCUT2D eigenvalue weighted by atomic mass is 9.96. The van der Waals surface area contributed by atoms with E-state index in [-0.39, 0.29) is 6.54 Å². The molecule has 1 heterocycles. The Labute approximate surface area is 58.8 Å². The van der Waals surface area contributed by atoms with Crippen LogP contribution in [0.4, 0.5) is 4.39 Å². The van der Waals surface area contributed by atoms with Gasteiger partial charge in [-0.15, -0.1) is 0 Å². The first-order valence-electron chi connectivity index (χ1n) is 3.36. The second-order valence-corrected chi connectivity index (χ2v) is 2.52. The lowest BCUT2D eigenvalue weighted by Gasteiger charge is -2.23. The van der Waals surface area contributed by atoms with Crippen molar-refractivity contribution in [2.24, 2.45) is 11.7 Å². The second kappa shape index (κ2) is 2.96. The van der Waals surface area contributed by atoms with E-state index in [1.54, 1.807) is 0 Å². The predicted octanol–water partition coefficient (Wildman–Crippen LogP) is -0.581. The Hall–Kier alpha value is -0.640. The number of carbonyl (C=O) groups excluding carboxylic acids is 1. The van der Waals surface area contributed by atoms with Gasteiger partial charge in [0.25, 0.3) is 0 Å². The van der Waals surface area contributed by atoms with Gasteiger partial charge in [0.1, 0.15) is 6.17 Å². The average Bonchev–Trinajstić information content (AvgIpc) is 1.88. The van der Waals surface area contributed by atoms with E-state index in [0.29, 0.717) is 13.0 Å². The van der Waals surface area contributed by atoms with Gasteiger partial charge in [-0.1, -0.05) is 0 Å². The Bertz CT molecular complexity index is 140. The summed E-state index contributed by atoms with van der Waals surface area (Å²) in [5.74, 6) is -1.09. The molecule has 10 heavy (non-hydrogen) atoms. The van der Waals surface area contributed by atoms with Gasteiger partial charge in [-0.05, 0) is 13.0 Å². The Kier molecular flexibility index (Phi) is 2.21. The quantitative estimate of drug-likeness (QED) is 0.520. The molecule has 0 aromatic carbocycles. The lowest BCUT2D eigenvalue weighted by molar-refractivity contribution is -0.124. The molecular weight excluding hydrogens is 135 g/mol. The Morgan fingerprint density at radius 1 is 1.70 bits per heavy atom. The molecule has 1 fully saturated rings. The van der Waals surface area contributed by atoms with Crippen LogP contribution in [0.5, 0.6) is 0 Å². The third-order valence-electron chi connectivity index (χ3n) is 1.77. The SMILES string of the molecule is NC(=O)C1CCNCC1F. The van der Waals surface area contributed by atoms with Crippen LogP contribution in [-0.4, -0.2) is 25.2 Å². The minimum absolute atomic E-state index is 0.258. The van der Waals surface area contributed by atoms with Gasteiger partial charge in [-0.3, -0.25) is 4.79 Å². The van der Waals surface area contributed by atoms with Crippen LogP contribution in [0.15, 0.2) is 0 Å². The van der Waals surface area contributed by atoms with Crippen LogP contribution in [0.3, 0.4) is 0 Å². The molecule has 0 aromatic heterocycles. The van der Waals surface area contributed by atoms with Crippen molar-refractivity contribution in [3.8, 4) is 0 Å². The summed E-state index contributed by atoms with van der Waals surface area (Å²) in [4.78, 5) is 10.5. The number of hydrogen-bond donors (Lipinski definition) is 2. The van der Waals surface area contributed by atoms with E-state index in [4.69, 9.17) is 5.73 Å². The first-order valence-corrected chi connectivity index (χ1v) is 3.36. The summed E-state index contributed by atoms with van der Waals surface area (Å²) in [5, 5.41) is 2.84. The van der Waals surface area contributed by atoms with E-state index in [0.717, 1.165) is 0 Å². The maximum absolute atomic E-state index is 12.7. The van der Waals surface area contributed by atoms with E-state index < -0.39 is 18.0 Å². The number of amides is 1. The Morgan fingerprint density at radius 2 is 2.40 bits per heavy atom. The topological polar surface area (TPSA) is 55.1 Å². The largest absolute Gasteiger partial charge is 0.369 e. The molecule has 1 rings (SSSR count). The lowest BCUT2D eigenvalue weighted by Crippen LogP contribution is -2.43. The summed E-state index contributed by atoms with van der Waals surface area (Å²) < 4.78 is 12.7. The zero-order valence-electron chi connectivity index (χ0n) is 5.64. The minimum Gasteiger partial charge on any atom is -0.369 e. The molecule has 0 radical (unpaired) electrons. The van der Waals surface area contributed by atoms with Crippen LogP contribution in [0.25, 0.3) is 0 Å². The summed E-state index contributed by atoms with van der Waals surface area (Å²) in [6, 6.07) is 0. The van der Waals surface area contributed by atoms with E-state index in [1.165, 1.54) is 0 Å². The summed E-state index contributed by atoms with van der Waals surface area (Å²) in [6.45, 7) is 0.946. The molecule has 3 nitrogen and oxygen atoms in total. The summed E-state index contributed by atoms with van der Waals surface area (Å²) in [6.07, 6.45) is -0.567. The standard InChI is InChI=1S/C6H11FN2O/c7-5-3-9-2-1-4(5)6(8)10/h4-5,9H,1-3H2,(H2,8,10). The third kappa shape index (κ3) is 1.44. The van der Waals surface area contributed by atoms with Crippen molar-refractivity contribution < 1.29 is 9.18 Å². The fourth-order valence-corrected chi connectivity index (χ4v) is 1.14. The van der Waals surface area contributed by atoms with Crippen molar-refractivity contribution in [1.29, 1.82) is 0 Å². The van der Waals surface area contributed by atoms with Gasteiger partial charge in [0, 0.05) is 6.54 Å². The number of carbonyl (C=O) groups is 1. The number of hydrogen-bond acceptors (Lipinski definition) is 2. The fourth-order valence-electron chi connectivity index (χ4n) is 1.14. The van der Waals surface area contributed by atoms with E-state index in [9.17, 15) is 9.18 Å². The van der Waals surface area contributed by atoms with Crippen molar-refractivity contribution in [3.63, 3.8) is 0 Å². The van der Waals surface area contributed by atoms with E-state index in [2.05, 4.69) is 5.32 Å². The fraction of sp³-hybridized carbons (Fsp3) is 0.833. The van der Waals surface area contributed by atoms with Gasteiger partial charge < -0.3 is 11.1 Å². The van der Waals surface area contributed by atoms with Crippen LogP contribution in [0.1, 0.15) is 6.42 Å². The number of rotatable bonds is 1. The van der Waals surface area contributed by atoms with Gasteiger partial charge >= 0.3 is 0 Å². The second-order valence-electron chi connectivity index (χ2n) is 2.52. The number of halogens is 1. The molecule has 1 aliphatic rings. The minimum atomic E-state index is -1.09. The van der Waals surface area contributed by atoms with Crippen molar-refractivity contribution >= 4 is 5.91 Å². The molecule has 0 saturated carbocycles. The molecule has 0 aromatic rings. The van der Waals surface area contributed by atoms with Crippen LogP contribution in [-0.2, 0) is 4.79 Å². The van der Waals surface area contributed by atoms with Gasteiger partial charge in [0.2, 0.25) is 5.91 Å². The first-order chi connectivity index (χ1) is 4.72. The molecule has 0 bridgehead atoms. The van der Waals surface area contributed by atoms with Crippen molar-refractivity contribution in [2.45, 2.75) is 12.6 Å². The molecule has 2 unspecified atom stereocenters. The third-order valence-corrected chi connectivity index (χ3v) is 1.77. The summed E-state index contributed by atoms with van der Waals surface area (Å²) in [5.41, 5.74) is 4.95. The molecule has 0 aliphatic carbocycles. The molecule has 2 atom stereocenters. The van der Waals surface area contributed by atoms with Gasteiger partial charge in [0.05, 0.1) is 5.92 Å². The van der Waals surface area contributed by atoms with Crippen molar-refractivity contribution in [2.75, 3.05) is 13.1 Å². The highest BCUT2D eigenvalue weighted by Gasteiger charge is 2.28. The van der Waals surface area contributed by atoms with Gasteiger partial charge in [-0.25, -0.2) is 4.39 Å². The molecule has 3 N–H and O–H groups in total. The first kappa shape index (κ1) is 7.47. The number of piperidine rings is 1. The smallest absolute Gasteiger partial charge is 0.223 e. The molecule has 1 saturated heterocycles. The predicted molar refractivity (Wildman–Crippen MR) is 35.1 cm³/mol. The summed E-state index contributed by atoms with van der Waals surface area (Å²) >= 11 is 0. The number of nitrogens with one attached hydrogen (secondary N) is 1. The maximum atomic E-state index is 12.7. The number of nitrogens with two attached hydrogens (primary N) is 1. The monoisotopic (exact) mass is 146 g/mol. The molecule has 1 aliphatic heterocycles. The molecule has 4 heteroatoms. The van der Waals surface area contributed by atoms with Gasteiger partial charge in [-0.2, -0.15) is 0 Å². The maximum Gasteiger partial charge on any atom is 0.223 e.